The number of aryl methyl sites for hydroxylation is 1. The van der Waals surface area contributed by atoms with Crippen LogP contribution < -0.4 is 4.90 Å². The summed E-state index contributed by atoms with van der Waals surface area (Å²) in [6, 6.07) is 4.00. The van der Waals surface area contributed by atoms with E-state index in [0.29, 0.717) is 54.1 Å². The van der Waals surface area contributed by atoms with E-state index in [2.05, 4.69) is 26.2 Å². The number of carbonyl (C=O) groups excluding carboxylic acids is 1. The van der Waals surface area contributed by atoms with E-state index in [0.717, 1.165) is 36.1 Å². The zero-order valence-electron chi connectivity index (χ0n) is 24.8. The summed E-state index contributed by atoms with van der Waals surface area (Å²) in [7, 11) is 3.78. The normalized spacial score (nSPS) is 22.7. The molecule has 0 saturated carbocycles. The number of fused-ring (bicyclic) bond motifs is 1. The van der Waals surface area contributed by atoms with Crippen LogP contribution in [0.1, 0.15) is 74.1 Å². The van der Waals surface area contributed by atoms with E-state index in [1.807, 2.05) is 44.7 Å². The minimum Gasteiger partial charge on any atom is -0.444 e. The predicted octanol–water partition coefficient (Wildman–Crippen LogP) is 4.12. The highest BCUT2D eigenvalue weighted by molar-refractivity contribution is 7.16. The number of hydrogen-bond donors (Lipinski definition) is 1. The largest absolute Gasteiger partial charge is 0.444 e. The SMILES string of the molecule is CN(C)/C=N/c1sc2c(c1C#N)C(C1=NOC(O)(c3ccnc(N4CCCN(C(=O)OC(C)(C)C)CC4)n3)C1)CCC2. The van der Waals surface area contributed by atoms with Crippen LogP contribution in [0.25, 0.3) is 0 Å². The molecule has 0 radical (unpaired) electrons. The Morgan fingerprint density at radius 2 is 2.12 bits per heavy atom. The third-order valence-corrected chi connectivity index (χ3v) is 8.55. The summed E-state index contributed by atoms with van der Waals surface area (Å²) in [6.07, 6.45) is 6.49. The molecule has 3 aliphatic rings. The van der Waals surface area contributed by atoms with Gasteiger partial charge in [-0.25, -0.2) is 19.8 Å². The Bertz CT molecular complexity index is 1430. The lowest BCUT2D eigenvalue weighted by Gasteiger charge is -2.27. The number of aromatic nitrogens is 2. The van der Waals surface area contributed by atoms with Crippen molar-refractivity contribution in [1.29, 1.82) is 5.26 Å². The van der Waals surface area contributed by atoms with E-state index in [1.54, 1.807) is 34.8 Å². The maximum absolute atomic E-state index is 12.6. The molecular formula is C29H38N8O4S. The lowest BCUT2D eigenvalue weighted by molar-refractivity contribution is -0.196. The molecule has 1 N–H and O–H groups in total. The predicted molar refractivity (Wildman–Crippen MR) is 160 cm³/mol. The first-order valence-corrected chi connectivity index (χ1v) is 15.1. The van der Waals surface area contributed by atoms with E-state index >= 15 is 0 Å². The third-order valence-electron chi connectivity index (χ3n) is 7.38. The summed E-state index contributed by atoms with van der Waals surface area (Å²) in [5, 5.41) is 26.7. The van der Waals surface area contributed by atoms with Gasteiger partial charge in [0.1, 0.15) is 22.4 Å². The van der Waals surface area contributed by atoms with Crippen LogP contribution in [0.2, 0.25) is 0 Å². The van der Waals surface area contributed by atoms with Crippen LogP contribution in [-0.2, 0) is 21.8 Å². The monoisotopic (exact) mass is 594 g/mol. The van der Waals surface area contributed by atoms with Crippen molar-refractivity contribution in [3.63, 3.8) is 0 Å². The number of oxime groups is 1. The molecule has 2 aromatic rings. The van der Waals surface area contributed by atoms with Crippen molar-refractivity contribution in [3.8, 4) is 6.07 Å². The summed E-state index contributed by atoms with van der Waals surface area (Å²) in [4.78, 5) is 38.6. The molecule has 0 bridgehead atoms. The Labute approximate surface area is 250 Å². The molecule has 4 heterocycles. The molecule has 2 atom stereocenters. The van der Waals surface area contributed by atoms with Gasteiger partial charge in [0.25, 0.3) is 5.79 Å². The van der Waals surface area contributed by atoms with Crippen LogP contribution in [0, 0.1) is 11.3 Å². The maximum atomic E-state index is 12.6. The van der Waals surface area contributed by atoms with E-state index in [9.17, 15) is 15.2 Å². The topological polar surface area (TPSA) is 140 Å². The van der Waals surface area contributed by atoms with Gasteiger partial charge in [-0.15, -0.1) is 11.3 Å². The molecule has 2 unspecified atom stereocenters. The van der Waals surface area contributed by atoms with E-state index in [1.165, 1.54) is 0 Å². The van der Waals surface area contributed by atoms with Crippen molar-refractivity contribution < 1.29 is 19.5 Å². The van der Waals surface area contributed by atoms with E-state index in [-0.39, 0.29) is 18.4 Å². The molecule has 12 nitrogen and oxygen atoms in total. The minimum absolute atomic E-state index is 0.136. The number of thiophene rings is 1. The number of amides is 1. The number of ether oxygens (including phenoxy) is 1. The van der Waals surface area contributed by atoms with Crippen molar-refractivity contribution in [2.75, 3.05) is 45.2 Å². The van der Waals surface area contributed by atoms with Crippen molar-refractivity contribution in [2.24, 2.45) is 10.1 Å². The van der Waals surface area contributed by atoms with Gasteiger partial charge in [0.2, 0.25) is 5.95 Å². The van der Waals surface area contributed by atoms with Gasteiger partial charge < -0.3 is 29.4 Å². The van der Waals surface area contributed by atoms with Crippen LogP contribution in [-0.4, -0.2) is 88.9 Å². The Balaban J connectivity index is 1.31. The second-order valence-corrected chi connectivity index (χ2v) is 13.2. The van der Waals surface area contributed by atoms with E-state index in [4.69, 9.17) is 9.57 Å². The van der Waals surface area contributed by atoms with Gasteiger partial charge in [-0.3, -0.25) is 0 Å². The fourth-order valence-electron chi connectivity index (χ4n) is 5.46. The summed E-state index contributed by atoms with van der Waals surface area (Å²) in [5.41, 5.74) is 1.98. The first kappa shape index (κ1) is 29.7. The summed E-state index contributed by atoms with van der Waals surface area (Å²) in [6.45, 7) is 7.80. The second-order valence-electron chi connectivity index (χ2n) is 12.1. The highest BCUT2D eigenvalue weighted by Gasteiger charge is 2.45. The Morgan fingerprint density at radius 1 is 1.31 bits per heavy atom. The third kappa shape index (κ3) is 6.34. The van der Waals surface area contributed by atoms with Gasteiger partial charge in [-0.2, -0.15) is 5.26 Å². The molecule has 1 amide bonds. The number of aliphatic hydroxyl groups is 1. The Kier molecular flexibility index (Phi) is 8.39. The summed E-state index contributed by atoms with van der Waals surface area (Å²) >= 11 is 1.55. The molecule has 13 heteroatoms. The first-order valence-electron chi connectivity index (χ1n) is 14.3. The highest BCUT2D eigenvalue weighted by atomic mass is 32.1. The number of nitrogens with zero attached hydrogens (tertiary/aromatic N) is 8. The van der Waals surface area contributed by atoms with Crippen LogP contribution in [0.3, 0.4) is 0 Å². The number of carbonyl (C=O) groups is 1. The smallest absolute Gasteiger partial charge is 0.410 e. The molecule has 0 aromatic carbocycles. The van der Waals surface area contributed by atoms with Crippen LogP contribution in [0.4, 0.5) is 15.7 Å². The number of hydrogen-bond acceptors (Lipinski definition) is 11. The Hall–Kier alpha value is -3.76. The van der Waals surface area contributed by atoms with Crippen LogP contribution >= 0.6 is 11.3 Å². The average Bonchev–Trinajstić information content (AvgIpc) is 3.42. The molecule has 2 aromatic heterocycles. The first-order chi connectivity index (χ1) is 20.0. The van der Waals surface area contributed by atoms with Crippen LogP contribution in [0.15, 0.2) is 22.4 Å². The minimum atomic E-state index is -1.74. The van der Waals surface area contributed by atoms with Gasteiger partial charge in [-0.1, -0.05) is 5.16 Å². The van der Waals surface area contributed by atoms with Gasteiger partial charge in [0.15, 0.2) is 0 Å². The van der Waals surface area contributed by atoms with Gasteiger partial charge in [-0.05, 0) is 58.1 Å². The van der Waals surface area contributed by atoms with Crippen LogP contribution in [0.5, 0.6) is 0 Å². The molecule has 1 saturated heterocycles. The van der Waals surface area contributed by atoms with Gasteiger partial charge in [0.05, 0.1) is 24.0 Å². The highest BCUT2D eigenvalue weighted by Crippen LogP contribution is 2.47. The van der Waals surface area contributed by atoms with Gasteiger partial charge in [0, 0.05) is 57.3 Å². The fourth-order valence-corrected chi connectivity index (χ4v) is 6.65. The lowest BCUT2D eigenvalue weighted by Crippen LogP contribution is -2.39. The molecular weight excluding hydrogens is 556 g/mol. The van der Waals surface area contributed by atoms with Crippen molar-refractivity contribution >= 4 is 40.4 Å². The summed E-state index contributed by atoms with van der Waals surface area (Å²) in [5.74, 6) is -1.42. The summed E-state index contributed by atoms with van der Waals surface area (Å²) < 4.78 is 5.54. The number of anilines is 1. The number of aliphatic imine (C=N–C) groups is 1. The molecule has 2 aliphatic heterocycles. The zero-order chi connectivity index (χ0) is 30.1. The molecule has 0 spiro atoms. The number of rotatable bonds is 5. The molecule has 42 heavy (non-hydrogen) atoms. The molecule has 224 valence electrons. The zero-order valence-corrected chi connectivity index (χ0v) is 25.6. The number of nitriles is 1. The average molecular weight is 595 g/mol. The van der Waals surface area contributed by atoms with Crippen molar-refractivity contribution in [3.05, 3.63) is 34.0 Å². The second kappa shape index (κ2) is 11.9. The molecule has 1 fully saturated rings. The van der Waals surface area contributed by atoms with Gasteiger partial charge >= 0.3 is 6.09 Å². The fraction of sp³-hybridized carbons (Fsp3) is 0.586. The van der Waals surface area contributed by atoms with Crippen molar-refractivity contribution in [2.45, 2.75) is 70.2 Å². The standard InChI is InChI=1S/C29H38N8O4S/c1-28(2,3)40-27(38)37-13-7-12-36(14-15-37)26-31-11-10-23(33-26)29(39)16-21(34-41-29)19-8-6-9-22-24(19)20(17-30)25(42-22)32-18-35(4)5/h10-11,18-19,39H,6-9,12-16H2,1-5H3/b32-18+. The maximum Gasteiger partial charge on any atom is 0.410 e. The van der Waals surface area contributed by atoms with Crippen molar-refractivity contribution in [1.82, 2.24) is 19.8 Å². The molecule has 1 aliphatic carbocycles. The Morgan fingerprint density at radius 3 is 2.86 bits per heavy atom. The molecule has 5 rings (SSSR count). The quantitative estimate of drug-likeness (QED) is 0.400. The van der Waals surface area contributed by atoms with E-state index < -0.39 is 11.4 Å². The lowest BCUT2D eigenvalue weighted by atomic mass is 9.80.